The van der Waals surface area contributed by atoms with Gasteiger partial charge in [0.15, 0.2) is 6.29 Å². The zero-order valence-electron chi connectivity index (χ0n) is 7.95. The molecule has 1 aliphatic rings. The molecule has 0 aliphatic carbocycles. The second kappa shape index (κ2) is 5.05. The van der Waals surface area contributed by atoms with Gasteiger partial charge in [0, 0.05) is 0 Å². The van der Waals surface area contributed by atoms with E-state index < -0.39 is 45.1 Å². The minimum Gasteiger partial charge on any atom is -0.387 e. The number of phosphoric ester groups is 1. The van der Waals surface area contributed by atoms with Crippen LogP contribution >= 0.6 is 7.82 Å². The molecule has 0 amide bonds. The van der Waals surface area contributed by atoms with Gasteiger partial charge in [-0.2, -0.15) is 0 Å². The largest absolute Gasteiger partial charge is 0.469 e. The molecule has 1 aliphatic heterocycles. The predicted octanol–water partition coefficient (Wildman–Crippen LogP) is -3.10. The highest BCUT2D eigenvalue weighted by Gasteiger charge is 2.43. The van der Waals surface area contributed by atoms with Gasteiger partial charge in [-0.05, 0) is 0 Å². The van der Waals surface area contributed by atoms with Crippen LogP contribution in [-0.4, -0.2) is 67.5 Å². The third-order valence-electron chi connectivity index (χ3n) is 2.09. The smallest absolute Gasteiger partial charge is 0.387 e. The summed E-state index contributed by atoms with van der Waals surface area (Å²) in [4.78, 5) is 16.8. The van der Waals surface area contributed by atoms with Gasteiger partial charge in [0.25, 0.3) is 0 Å². The van der Waals surface area contributed by atoms with E-state index in [1.807, 2.05) is 0 Å². The van der Waals surface area contributed by atoms with Gasteiger partial charge in [0.05, 0.1) is 6.61 Å². The Bertz CT molecular complexity index is 277. The van der Waals surface area contributed by atoms with Crippen LogP contribution in [0.4, 0.5) is 0 Å². The zero-order valence-corrected chi connectivity index (χ0v) is 8.84. The molecule has 0 unspecified atom stereocenters. The van der Waals surface area contributed by atoms with E-state index >= 15 is 0 Å². The zero-order chi connectivity index (χ0) is 12.5. The first-order valence-electron chi connectivity index (χ1n) is 4.30. The molecule has 10 heteroatoms. The molecule has 0 saturated carbocycles. The van der Waals surface area contributed by atoms with Crippen LogP contribution in [-0.2, 0) is 13.8 Å². The van der Waals surface area contributed by atoms with Crippen LogP contribution in [0.2, 0.25) is 0 Å². The van der Waals surface area contributed by atoms with Crippen molar-refractivity contribution in [3.63, 3.8) is 0 Å². The lowest BCUT2D eigenvalue weighted by atomic mass is 10.00. The van der Waals surface area contributed by atoms with Crippen molar-refractivity contribution in [3.8, 4) is 0 Å². The van der Waals surface area contributed by atoms with Crippen molar-refractivity contribution in [2.75, 3.05) is 6.61 Å². The summed E-state index contributed by atoms with van der Waals surface area (Å²) >= 11 is 0. The summed E-state index contributed by atoms with van der Waals surface area (Å²) in [5.74, 6) is 0. The minimum atomic E-state index is -4.73. The predicted molar refractivity (Wildman–Crippen MR) is 46.9 cm³/mol. The highest BCUT2D eigenvalue weighted by Crippen LogP contribution is 2.36. The quantitative estimate of drug-likeness (QED) is 0.289. The lowest BCUT2D eigenvalue weighted by Gasteiger charge is -2.38. The third-order valence-corrected chi connectivity index (χ3v) is 2.58. The molecule has 6 N–H and O–H groups in total. The summed E-state index contributed by atoms with van der Waals surface area (Å²) < 4.78 is 19.0. The van der Waals surface area contributed by atoms with E-state index in [2.05, 4.69) is 9.26 Å². The third kappa shape index (κ3) is 3.45. The second-order valence-corrected chi connectivity index (χ2v) is 4.56. The monoisotopic (exact) mass is 260 g/mol. The number of phosphoric acid groups is 1. The fraction of sp³-hybridized carbons (Fsp3) is 1.00. The van der Waals surface area contributed by atoms with E-state index in [-0.39, 0.29) is 0 Å². The van der Waals surface area contributed by atoms with Crippen LogP contribution in [0.15, 0.2) is 0 Å². The molecule has 0 aromatic carbocycles. The molecule has 96 valence electrons. The summed E-state index contributed by atoms with van der Waals surface area (Å²) in [5.41, 5.74) is 0. The average molecular weight is 260 g/mol. The van der Waals surface area contributed by atoms with Crippen LogP contribution in [0.25, 0.3) is 0 Å². The van der Waals surface area contributed by atoms with E-state index in [4.69, 9.17) is 20.0 Å². The van der Waals surface area contributed by atoms with Crippen LogP contribution in [0.1, 0.15) is 0 Å². The van der Waals surface area contributed by atoms with Crippen LogP contribution in [0.5, 0.6) is 0 Å². The summed E-state index contributed by atoms with van der Waals surface area (Å²) in [6.07, 6.45) is -8.11. The summed E-state index contributed by atoms with van der Waals surface area (Å²) in [6.45, 7) is -0.730. The number of ether oxygens (including phenoxy) is 1. The van der Waals surface area contributed by atoms with Gasteiger partial charge in [-0.3, -0.25) is 4.52 Å². The number of hydrogen-bond donors (Lipinski definition) is 6. The molecule has 0 aromatic rings. The first-order chi connectivity index (χ1) is 7.22. The Morgan fingerprint density at radius 2 is 1.62 bits per heavy atom. The summed E-state index contributed by atoms with van der Waals surface area (Å²) in [7, 11) is -4.73. The van der Waals surface area contributed by atoms with Crippen molar-refractivity contribution in [3.05, 3.63) is 0 Å². The number of rotatable bonds is 3. The highest BCUT2D eigenvalue weighted by molar-refractivity contribution is 7.46. The molecule has 0 radical (unpaired) electrons. The number of hydrogen-bond acceptors (Lipinski definition) is 7. The van der Waals surface area contributed by atoms with Crippen molar-refractivity contribution in [2.24, 2.45) is 0 Å². The van der Waals surface area contributed by atoms with Crippen molar-refractivity contribution in [2.45, 2.75) is 30.7 Å². The van der Waals surface area contributed by atoms with E-state index in [9.17, 15) is 14.8 Å². The Morgan fingerprint density at radius 1 is 1.06 bits per heavy atom. The van der Waals surface area contributed by atoms with Crippen molar-refractivity contribution in [1.29, 1.82) is 0 Å². The van der Waals surface area contributed by atoms with Crippen molar-refractivity contribution in [1.82, 2.24) is 0 Å². The molecule has 0 bridgehead atoms. The molecular formula is C6H13O9P. The minimum absolute atomic E-state index is 0.730. The van der Waals surface area contributed by atoms with Crippen LogP contribution < -0.4 is 0 Å². The Hall–Kier alpha value is -0.0900. The average Bonchev–Trinajstić information content (AvgIpc) is 2.17. The van der Waals surface area contributed by atoms with Gasteiger partial charge < -0.3 is 34.9 Å². The van der Waals surface area contributed by atoms with Gasteiger partial charge in [0.2, 0.25) is 0 Å². The van der Waals surface area contributed by atoms with Crippen molar-refractivity contribution >= 4 is 7.82 Å². The van der Waals surface area contributed by atoms with E-state index in [0.717, 1.165) is 0 Å². The van der Waals surface area contributed by atoms with Gasteiger partial charge >= 0.3 is 7.82 Å². The Morgan fingerprint density at radius 3 is 2.12 bits per heavy atom. The lowest BCUT2D eigenvalue weighted by Crippen LogP contribution is -2.58. The van der Waals surface area contributed by atoms with Gasteiger partial charge in [-0.1, -0.05) is 0 Å². The Kier molecular flexibility index (Phi) is 4.41. The number of aliphatic hydroxyl groups excluding tert-OH is 4. The maximum atomic E-state index is 10.4. The first-order valence-corrected chi connectivity index (χ1v) is 5.83. The van der Waals surface area contributed by atoms with Crippen LogP contribution in [0, 0.1) is 0 Å². The maximum Gasteiger partial charge on any atom is 0.469 e. The van der Waals surface area contributed by atoms with E-state index in [1.54, 1.807) is 0 Å². The molecule has 1 fully saturated rings. The molecule has 1 rings (SSSR count). The fourth-order valence-electron chi connectivity index (χ4n) is 1.24. The summed E-state index contributed by atoms with van der Waals surface area (Å²) in [6, 6.07) is 0. The summed E-state index contributed by atoms with van der Waals surface area (Å²) in [5, 5.41) is 36.7. The normalized spacial score (nSPS) is 41.0. The van der Waals surface area contributed by atoms with E-state index in [0.29, 0.717) is 0 Å². The Labute approximate surface area is 90.1 Å². The molecule has 9 nitrogen and oxygen atoms in total. The number of aliphatic hydroxyl groups is 4. The SMILES string of the molecule is O=P(O)(O)OC[C@@H]1O[C@@H](O)[C@H](O)[C@@H](O)[C@H]1O. The highest BCUT2D eigenvalue weighted by atomic mass is 31.2. The van der Waals surface area contributed by atoms with Crippen LogP contribution in [0.3, 0.4) is 0 Å². The van der Waals surface area contributed by atoms with Gasteiger partial charge in [-0.15, -0.1) is 0 Å². The van der Waals surface area contributed by atoms with Gasteiger partial charge in [-0.25, -0.2) is 4.57 Å². The molecule has 1 saturated heterocycles. The molecule has 16 heavy (non-hydrogen) atoms. The molecule has 0 spiro atoms. The van der Waals surface area contributed by atoms with Gasteiger partial charge in [0.1, 0.15) is 24.4 Å². The van der Waals surface area contributed by atoms with E-state index in [1.165, 1.54) is 0 Å². The molecule has 0 aromatic heterocycles. The maximum absolute atomic E-state index is 10.4. The lowest BCUT2D eigenvalue weighted by molar-refractivity contribution is -0.285. The first kappa shape index (κ1) is 14.0. The van der Waals surface area contributed by atoms with Crippen molar-refractivity contribution < 1.29 is 44.0 Å². The standard InChI is InChI=1S/C6H13O9P/c7-3-2(1-14-16(11,12)13)15-6(10)5(9)4(3)8/h2-10H,1H2,(H2,11,12,13)/t2-,3-,4-,5+,6+/m0/s1. The Balaban J connectivity index is 2.57. The fourth-order valence-corrected chi connectivity index (χ4v) is 1.58. The topological polar surface area (TPSA) is 157 Å². The second-order valence-electron chi connectivity index (χ2n) is 3.32. The molecule has 1 heterocycles. The molecule has 5 atom stereocenters. The molecular weight excluding hydrogens is 247 g/mol.